The lowest BCUT2D eigenvalue weighted by Gasteiger charge is -2.20. The lowest BCUT2D eigenvalue weighted by atomic mass is 9.83. The number of allylic oxidation sites excluding steroid dienone is 4. The van der Waals surface area contributed by atoms with Gasteiger partial charge in [0.1, 0.15) is 0 Å². The number of hydrogen-bond acceptors (Lipinski definition) is 2. The third-order valence-corrected chi connectivity index (χ3v) is 7.01. The van der Waals surface area contributed by atoms with Crippen LogP contribution in [-0.2, 0) is 12.8 Å². The topological polar surface area (TPSA) is 20.2 Å². The average molecular weight is 393 g/mol. The molecule has 2 aliphatic rings. The molecule has 4 rings (SSSR count). The zero-order chi connectivity index (χ0) is 20.3. The predicted octanol–water partition coefficient (Wildman–Crippen LogP) is 6.81. The molecule has 1 aromatic carbocycles. The van der Waals surface area contributed by atoms with Crippen molar-refractivity contribution < 1.29 is 5.11 Å². The number of benzene rings is 1. The van der Waals surface area contributed by atoms with Crippen molar-refractivity contribution in [3.8, 4) is 0 Å². The van der Waals surface area contributed by atoms with Crippen molar-refractivity contribution in [3.63, 3.8) is 0 Å². The van der Waals surface area contributed by atoms with Crippen LogP contribution in [0.15, 0.2) is 54.1 Å². The van der Waals surface area contributed by atoms with Crippen molar-refractivity contribution in [2.45, 2.75) is 52.9 Å². The molecule has 0 saturated carbocycles. The highest BCUT2D eigenvalue weighted by molar-refractivity contribution is 7.12. The van der Waals surface area contributed by atoms with Gasteiger partial charge in [-0.3, -0.25) is 0 Å². The van der Waals surface area contributed by atoms with Gasteiger partial charge in [-0.05, 0) is 72.9 Å². The van der Waals surface area contributed by atoms with Gasteiger partial charge in [0.15, 0.2) is 0 Å². The third kappa shape index (κ3) is 3.81. The highest BCUT2D eigenvalue weighted by Gasteiger charge is 2.29. The minimum Gasteiger partial charge on any atom is -0.400 e. The Morgan fingerprint density at radius 1 is 1.14 bits per heavy atom. The summed E-state index contributed by atoms with van der Waals surface area (Å²) in [4.78, 5) is 3.10. The van der Waals surface area contributed by atoms with E-state index in [-0.39, 0.29) is 0 Å². The fourth-order valence-electron chi connectivity index (χ4n) is 4.58. The predicted molar refractivity (Wildman–Crippen MR) is 123 cm³/mol. The van der Waals surface area contributed by atoms with Crippen molar-refractivity contribution in [2.75, 3.05) is 7.11 Å². The maximum Gasteiger partial charge on any atom is 0.0319 e. The van der Waals surface area contributed by atoms with Gasteiger partial charge < -0.3 is 5.11 Å². The van der Waals surface area contributed by atoms with E-state index in [1.165, 1.54) is 70.4 Å². The summed E-state index contributed by atoms with van der Waals surface area (Å²) < 4.78 is 0. The van der Waals surface area contributed by atoms with Crippen molar-refractivity contribution in [1.29, 1.82) is 0 Å². The van der Waals surface area contributed by atoms with Crippen LogP contribution in [-0.4, -0.2) is 12.2 Å². The van der Waals surface area contributed by atoms with Gasteiger partial charge in [0.05, 0.1) is 0 Å². The first-order valence-electron chi connectivity index (χ1n) is 10.3. The quantitative estimate of drug-likeness (QED) is 0.606. The zero-order valence-corrected chi connectivity index (χ0v) is 18.5. The van der Waals surface area contributed by atoms with Gasteiger partial charge in [0, 0.05) is 22.8 Å². The molecular weight excluding hydrogens is 360 g/mol. The zero-order valence-electron chi connectivity index (χ0n) is 17.6. The summed E-state index contributed by atoms with van der Waals surface area (Å²) in [6, 6.07) is 9.12. The Balaban J connectivity index is 0.00000109. The van der Waals surface area contributed by atoms with Gasteiger partial charge in [-0.2, -0.15) is 0 Å². The molecular formula is C26H32OS. The highest BCUT2D eigenvalue weighted by atomic mass is 32.1. The summed E-state index contributed by atoms with van der Waals surface area (Å²) in [5.41, 5.74) is 9.93. The van der Waals surface area contributed by atoms with Crippen molar-refractivity contribution in [3.05, 3.63) is 86.2 Å². The molecule has 1 atom stereocenters. The maximum atomic E-state index is 7.00. The van der Waals surface area contributed by atoms with E-state index in [9.17, 15) is 0 Å². The fraction of sp³-hybridized carbons (Fsp3) is 0.385. The van der Waals surface area contributed by atoms with E-state index in [1.807, 2.05) is 11.3 Å². The lowest BCUT2D eigenvalue weighted by Crippen LogP contribution is -2.04. The van der Waals surface area contributed by atoms with Crippen LogP contribution in [0, 0.1) is 19.8 Å². The molecule has 28 heavy (non-hydrogen) atoms. The Labute approximate surface area is 174 Å². The fourth-order valence-corrected chi connectivity index (χ4v) is 5.85. The molecule has 148 valence electrons. The van der Waals surface area contributed by atoms with Crippen LogP contribution >= 0.6 is 11.3 Å². The molecule has 1 heterocycles. The molecule has 2 aromatic rings. The van der Waals surface area contributed by atoms with E-state index in [4.69, 9.17) is 5.11 Å². The van der Waals surface area contributed by atoms with Crippen LogP contribution in [0.25, 0.3) is 5.57 Å². The van der Waals surface area contributed by atoms with E-state index in [1.54, 1.807) is 10.4 Å². The van der Waals surface area contributed by atoms with Gasteiger partial charge in [-0.25, -0.2) is 0 Å². The number of aliphatic hydroxyl groups is 1. The first kappa shape index (κ1) is 20.8. The Morgan fingerprint density at radius 3 is 2.54 bits per heavy atom. The molecule has 0 amide bonds. The average Bonchev–Trinajstić information content (AvgIpc) is 3.36. The number of hydrogen-bond donors (Lipinski definition) is 1. The molecule has 1 aromatic heterocycles. The molecule has 0 radical (unpaired) electrons. The second kappa shape index (κ2) is 9.07. The van der Waals surface area contributed by atoms with E-state index in [0.29, 0.717) is 5.92 Å². The molecule has 0 bridgehead atoms. The molecule has 2 aliphatic carbocycles. The van der Waals surface area contributed by atoms with Crippen LogP contribution in [0.2, 0.25) is 0 Å². The molecule has 0 aliphatic heterocycles. The van der Waals surface area contributed by atoms with Crippen LogP contribution in [0.5, 0.6) is 0 Å². The summed E-state index contributed by atoms with van der Waals surface area (Å²) in [6.45, 7) is 11.2. The van der Waals surface area contributed by atoms with E-state index in [2.05, 4.69) is 63.8 Å². The van der Waals surface area contributed by atoms with E-state index >= 15 is 0 Å². The molecule has 2 heteroatoms. The van der Waals surface area contributed by atoms with Crippen LogP contribution in [0.1, 0.15) is 58.2 Å². The number of fused-ring (bicyclic) bond motifs is 1. The molecule has 0 spiro atoms. The van der Waals surface area contributed by atoms with E-state index < -0.39 is 0 Å². The van der Waals surface area contributed by atoms with Crippen LogP contribution in [0.3, 0.4) is 0 Å². The van der Waals surface area contributed by atoms with Crippen molar-refractivity contribution >= 4 is 16.9 Å². The summed E-state index contributed by atoms with van der Waals surface area (Å²) in [5.74, 6) is 0.500. The standard InChI is InChI=1S/C25H28S.CH4O/c1-5-7-19-15-12-17(3)23(19)25(20-13-10-16(2)11-14-20)24-18(4)26-22-9-6-8-21(22)24;1-2/h10-15,19H,3,5-9H2,1-2,4H3;2H,1H3/b25-23+;. The van der Waals surface area contributed by atoms with Crippen LogP contribution < -0.4 is 0 Å². The third-order valence-electron chi connectivity index (χ3n) is 5.80. The second-order valence-corrected chi connectivity index (χ2v) is 9.03. The Bertz CT molecular complexity index is 909. The first-order valence-corrected chi connectivity index (χ1v) is 11.2. The number of aryl methyl sites for hydroxylation is 3. The van der Waals surface area contributed by atoms with Gasteiger partial charge >= 0.3 is 0 Å². The lowest BCUT2D eigenvalue weighted by molar-refractivity contribution is 0.399. The van der Waals surface area contributed by atoms with Crippen molar-refractivity contribution in [2.24, 2.45) is 5.92 Å². The number of thiophene rings is 1. The normalized spacial score (nSPS) is 19.5. The monoisotopic (exact) mass is 392 g/mol. The summed E-state index contributed by atoms with van der Waals surface area (Å²) >= 11 is 2.02. The number of rotatable bonds is 4. The molecule has 1 N–H and O–H groups in total. The van der Waals surface area contributed by atoms with E-state index in [0.717, 1.165) is 7.11 Å². The minimum absolute atomic E-state index is 0.500. The molecule has 0 fully saturated rings. The summed E-state index contributed by atoms with van der Waals surface area (Å²) in [6.07, 6.45) is 10.8. The Morgan fingerprint density at radius 2 is 1.86 bits per heavy atom. The molecule has 1 unspecified atom stereocenters. The summed E-state index contributed by atoms with van der Waals surface area (Å²) in [7, 11) is 1.00. The Kier molecular flexibility index (Phi) is 6.74. The van der Waals surface area contributed by atoms with Gasteiger partial charge in [-0.1, -0.05) is 61.9 Å². The first-order chi connectivity index (χ1) is 13.6. The number of aliphatic hydroxyl groups excluding tert-OH is 1. The van der Waals surface area contributed by atoms with Crippen molar-refractivity contribution in [1.82, 2.24) is 0 Å². The van der Waals surface area contributed by atoms with Gasteiger partial charge in [0.2, 0.25) is 0 Å². The van der Waals surface area contributed by atoms with Crippen LogP contribution in [0.4, 0.5) is 0 Å². The molecule has 0 saturated heterocycles. The SMILES string of the molecule is C=C1C=CC(CCC)/C1=C(\c1ccc(C)cc1)c1c(C)sc2c1CCC2.CO. The largest absolute Gasteiger partial charge is 0.400 e. The van der Waals surface area contributed by atoms with Gasteiger partial charge in [0.25, 0.3) is 0 Å². The smallest absolute Gasteiger partial charge is 0.0319 e. The second-order valence-electron chi connectivity index (χ2n) is 7.72. The Hall–Kier alpha value is -1.90. The highest BCUT2D eigenvalue weighted by Crippen LogP contribution is 2.46. The minimum atomic E-state index is 0.500. The summed E-state index contributed by atoms with van der Waals surface area (Å²) in [5, 5.41) is 7.00. The molecule has 1 nitrogen and oxygen atoms in total. The maximum absolute atomic E-state index is 7.00. The van der Waals surface area contributed by atoms with Gasteiger partial charge in [-0.15, -0.1) is 11.3 Å².